The second-order valence-corrected chi connectivity index (χ2v) is 15.7. The van der Waals surface area contributed by atoms with Crippen LogP contribution in [0, 0.1) is 56.7 Å². The molecule has 2 heteroatoms. The predicted molar refractivity (Wildman–Crippen MR) is 143 cm³/mol. The quantitative estimate of drug-likeness (QED) is 0.407. The van der Waals surface area contributed by atoms with Gasteiger partial charge in [0.1, 0.15) is 0 Å². The molecule has 2 nitrogen and oxygen atoms in total. The normalized spacial score (nSPS) is 50.2. The standard InChI is InChI=1S/C32H56O2/c1-20(2)12-11-15-28(4,5)22-13-17-31(9)26(22)23(33)18-24-30(8)16-14-25(34)29(6,7)27(30)21(3)19-32(24,31)10/h12,21-27,33-34H,11,13-19H2,1-10H3/t21-,22?,23+,24?,25-,26?,27?,30+,31+,32+/m0/s1. The van der Waals surface area contributed by atoms with Crippen molar-refractivity contribution in [2.24, 2.45) is 56.7 Å². The van der Waals surface area contributed by atoms with Crippen LogP contribution in [-0.2, 0) is 0 Å². The molecule has 10 atom stereocenters. The summed E-state index contributed by atoms with van der Waals surface area (Å²) in [7, 11) is 0. The van der Waals surface area contributed by atoms with Crippen molar-refractivity contribution in [2.75, 3.05) is 0 Å². The summed E-state index contributed by atoms with van der Waals surface area (Å²) < 4.78 is 0. The maximum atomic E-state index is 11.9. The van der Waals surface area contributed by atoms with E-state index in [2.05, 4.69) is 75.3 Å². The maximum Gasteiger partial charge on any atom is 0.0594 e. The number of hydrogen-bond donors (Lipinski definition) is 2. The lowest BCUT2D eigenvalue weighted by Crippen LogP contribution is -2.68. The van der Waals surface area contributed by atoms with Crippen molar-refractivity contribution in [3.63, 3.8) is 0 Å². The summed E-state index contributed by atoms with van der Waals surface area (Å²) in [6, 6.07) is 0. The van der Waals surface area contributed by atoms with Crippen molar-refractivity contribution in [1.29, 1.82) is 0 Å². The van der Waals surface area contributed by atoms with Crippen LogP contribution >= 0.6 is 0 Å². The van der Waals surface area contributed by atoms with E-state index in [1.807, 2.05) is 0 Å². The van der Waals surface area contributed by atoms with Crippen LogP contribution in [0.5, 0.6) is 0 Å². The Hall–Kier alpha value is -0.340. The summed E-state index contributed by atoms with van der Waals surface area (Å²) in [4.78, 5) is 0. The van der Waals surface area contributed by atoms with Crippen molar-refractivity contribution in [2.45, 2.75) is 133 Å². The van der Waals surface area contributed by atoms with Crippen LogP contribution in [0.2, 0.25) is 0 Å². The van der Waals surface area contributed by atoms with Gasteiger partial charge in [0, 0.05) is 0 Å². The topological polar surface area (TPSA) is 40.5 Å². The molecule has 0 aromatic rings. The van der Waals surface area contributed by atoms with E-state index >= 15 is 0 Å². The third-order valence-corrected chi connectivity index (χ3v) is 12.9. The molecule has 0 radical (unpaired) electrons. The summed E-state index contributed by atoms with van der Waals surface area (Å²) in [5.41, 5.74) is 2.26. The zero-order valence-electron chi connectivity index (χ0n) is 24.2. The van der Waals surface area contributed by atoms with Crippen LogP contribution < -0.4 is 0 Å². The van der Waals surface area contributed by atoms with Crippen molar-refractivity contribution in [3.05, 3.63) is 11.6 Å². The summed E-state index contributed by atoms with van der Waals surface area (Å²) in [6.07, 6.45) is 11.1. The Labute approximate surface area is 211 Å². The number of allylic oxidation sites excluding steroid dienone is 2. The predicted octanol–water partition coefficient (Wildman–Crippen LogP) is 8.02. The van der Waals surface area contributed by atoms with E-state index in [9.17, 15) is 10.2 Å². The molecule has 0 saturated heterocycles. The average molecular weight is 473 g/mol. The van der Waals surface area contributed by atoms with E-state index in [1.165, 1.54) is 31.3 Å². The van der Waals surface area contributed by atoms with Gasteiger partial charge in [0.2, 0.25) is 0 Å². The van der Waals surface area contributed by atoms with Gasteiger partial charge in [-0.25, -0.2) is 0 Å². The van der Waals surface area contributed by atoms with Crippen LogP contribution in [0.3, 0.4) is 0 Å². The van der Waals surface area contributed by atoms with Gasteiger partial charge in [0.25, 0.3) is 0 Å². The number of fused-ring (bicyclic) bond motifs is 5. The van der Waals surface area contributed by atoms with Gasteiger partial charge >= 0.3 is 0 Å². The Balaban J connectivity index is 1.70. The van der Waals surface area contributed by atoms with Gasteiger partial charge in [0.15, 0.2) is 0 Å². The first kappa shape index (κ1) is 26.7. The van der Waals surface area contributed by atoms with E-state index < -0.39 is 0 Å². The van der Waals surface area contributed by atoms with Crippen molar-refractivity contribution < 1.29 is 10.2 Å². The molecule has 0 aromatic heterocycles. The summed E-state index contributed by atoms with van der Waals surface area (Å²) in [5, 5.41) is 22.9. The number of hydrogen-bond acceptors (Lipinski definition) is 2. The molecule has 0 amide bonds. The second-order valence-electron chi connectivity index (χ2n) is 15.7. The van der Waals surface area contributed by atoms with Gasteiger partial charge < -0.3 is 10.2 Å². The van der Waals surface area contributed by atoms with Crippen molar-refractivity contribution in [3.8, 4) is 0 Å². The minimum absolute atomic E-state index is 0.0540. The van der Waals surface area contributed by atoms with Crippen molar-refractivity contribution in [1.82, 2.24) is 0 Å². The Kier molecular flexibility index (Phi) is 6.55. The molecule has 4 fully saturated rings. The fourth-order valence-corrected chi connectivity index (χ4v) is 11.4. The highest BCUT2D eigenvalue weighted by atomic mass is 16.3. The van der Waals surface area contributed by atoms with Crippen LogP contribution in [0.1, 0.15) is 121 Å². The first-order chi connectivity index (χ1) is 15.5. The fourth-order valence-electron chi connectivity index (χ4n) is 11.4. The molecular weight excluding hydrogens is 416 g/mol. The van der Waals surface area contributed by atoms with Crippen LogP contribution in [-0.4, -0.2) is 22.4 Å². The molecule has 0 heterocycles. The van der Waals surface area contributed by atoms with Gasteiger partial charge in [-0.1, -0.05) is 67.0 Å². The first-order valence-corrected chi connectivity index (χ1v) is 14.5. The third-order valence-electron chi connectivity index (χ3n) is 12.9. The summed E-state index contributed by atoms with van der Waals surface area (Å²) in [6.45, 7) is 24.3. The molecule has 196 valence electrons. The summed E-state index contributed by atoms with van der Waals surface area (Å²) in [5.74, 6) is 2.67. The van der Waals surface area contributed by atoms with Gasteiger partial charge in [-0.15, -0.1) is 0 Å². The Morgan fingerprint density at radius 1 is 0.971 bits per heavy atom. The molecule has 0 spiro atoms. The molecule has 4 rings (SSSR count). The van der Waals surface area contributed by atoms with Crippen LogP contribution in [0.4, 0.5) is 0 Å². The molecular formula is C32H56O2. The highest BCUT2D eigenvalue weighted by Gasteiger charge is 2.72. The minimum atomic E-state index is -0.202. The first-order valence-electron chi connectivity index (χ1n) is 14.5. The molecule has 0 bridgehead atoms. The maximum absolute atomic E-state index is 11.9. The average Bonchev–Trinajstić information content (AvgIpc) is 3.07. The lowest BCUT2D eigenvalue weighted by molar-refractivity contribution is -0.259. The lowest BCUT2D eigenvalue weighted by atomic mass is 9.33. The molecule has 2 N–H and O–H groups in total. The SMILES string of the molecule is CC(C)=CCCC(C)(C)C1CC[C@]2(C)C1[C@H](O)CC1[C@@]3(C)CC[C@H](O)C(C)(C)C3[C@@H](C)C[C@]12C. The molecule has 4 unspecified atom stereocenters. The lowest BCUT2D eigenvalue weighted by Gasteiger charge is -2.72. The van der Waals surface area contributed by atoms with Crippen LogP contribution in [0.15, 0.2) is 11.6 Å². The number of rotatable bonds is 4. The molecule has 4 saturated carbocycles. The van der Waals surface area contributed by atoms with Gasteiger partial charge in [-0.05, 0) is 122 Å². The van der Waals surface area contributed by atoms with E-state index in [1.54, 1.807) is 0 Å². The van der Waals surface area contributed by atoms with E-state index in [0.29, 0.717) is 29.6 Å². The van der Waals surface area contributed by atoms with Crippen LogP contribution in [0.25, 0.3) is 0 Å². The third kappa shape index (κ3) is 3.62. The van der Waals surface area contributed by atoms with Gasteiger partial charge in [-0.3, -0.25) is 0 Å². The largest absolute Gasteiger partial charge is 0.393 e. The Morgan fingerprint density at radius 2 is 1.62 bits per heavy atom. The molecule has 0 aromatic carbocycles. The molecule has 0 aliphatic heterocycles. The van der Waals surface area contributed by atoms with Gasteiger partial charge in [0.05, 0.1) is 12.2 Å². The van der Waals surface area contributed by atoms with E-state index in [4.69, 9.17) is 0 Å². The Bertz CT molecular complexity index is 806. The molecule has 34 heavy (non-hydrogen) atoms. The highest BCUT2D eigenvalue weighted by molar-refractivity contribution is 5.20. The number of aliphatic hydroxyl groups is 2. The fraction of sp³-hybridized carbons (Fsp3) is 0.938. The van der Waals surface area contributed by atoms with Crippen molar-refractivity contribution >= 4 is 0 Å². The van der Waals surface area contributed by atoms with Gasteiger partial charge in [-0.2, -0.15) is 0 Å². The zero-order valence-corrected chi connectivity index (χ0v) is 24.2. The number of aliphatic hydroxyl groups excluding tert-OH is 2. The molecule has 4 aliphatic carbocycles. The zero-order chi connectivity index (χ0) is 25.5. The van der Waals surface area contributed by atoms with E-state index in [0.717, 1.165) is 25.7 Å². The minimum Gasteiger partial charge on any atom is -0.393 e. The monoisotopic (exact) mass is 472 g/mol. The van der Waals surface area contributed by atoms with E-state index in [-0.39, 0.29) is 39.3 Å². The Morgan fingerprint density at radius 3 is 2.24 bits per heavy atom. The molecule has 4 aliphatic rings. The second kappa shape index (κ2) is 8.34. The highest BCUT2D eigenvalue weighted by Crippen LogP contribution is 2.77. The smallest absolute Gasteiger partial charge is 0.0594 e. The summed E-state index contributed by atoms with van der Waals surface area (Å²) >= 11 is 0.